The van der Waals surface area contributed by atoms with Crippen molar-refractivity contribution in [2.24, 2.45) is 0 Å². The van der Waals surface area contributed by atoms with Gasteiger partial charge in [-0.1, -0.05) is 18.2 Å². The first-order valence-electron chi connectivity index (χ1n) is 7.44. The number of hydrogen-bond donors (Lipinski definition) is 2. The summed E-state index contributed by atoms with van der Waals surface area (Å²) in [4.78, 5) is 12.4. The lowest BCUT2D eigenvalue weighted by molar-refractivity contribution is 0.0940. The lowest BCUT2D eigenvalue weighted by Gasteiger charge is -2.15. The summed E-state index contributed by atoms with van der Waals surface area (Å²) in [7, 11) is 1.64. The van der Waals surface area contributed by atoms with Crippen LogP contribution in [0, 0.1) is 0 Å². The van der Waals surface area contributed by atoms with E-state index < -0.39 is 0 Å². The van der Waals surface area contributed by atoms with Gasteiger partial charge in [0.15, 0.2) is 0 Å². The first-order valence-corrected chi connectivity index (χ1v) is 7.44. The van der Waals surface area contributed by atoms with Gasteiger partial charge in [0.05, 0.1) is 13.2 Å². The SMILES string of the molecule is COc1ccc(C(C)NC(=O)c2ccc3c(c2)CNC3)cc1.Cl. The molecule has 2 aromatic carbocycles. The highest BCUT2D eigenvalue weighted by Gasteiger charge is 2.15. The van der Waals surface area contributed by atoms with Crippen LogP contribution in [0.3, 0.4) is 0 Å². The molecule has 1 atom stereocenters. The molecule has 0 fully saturated rings. The summed E-state index contributed by atoms with van der Waals surface area (Å²) in [5.74, 6) is 0.770. The van der Waals surface area contributed by atoms with Crippen molar-refractivity contribution in [1.82, 2.24) is 10.6 Å². The minimum absolute atomic E-state index is 0. The lowest BCUT2D eigenvalue weighted by atomic mass is 10.0. The highest BCUT2D eigenvalue weighted by atomic mass is 35.5. The molecular weight excluding hydrogens is 312 g/mol. The van der Waals surface area contributed by atoms with Gasteiger partial charge >= 0.3 is 0 Å². The van der Waals surface area contributed by atoms with Crippen LogP contribution in [0.25, 0.3) is 0 Å². The van der Waals surface area contributed by atoms with Gasteiger partial charge in [0.2, 0.25) is 0 Å². The van der Waals surface area contributed by atoms with E-state index in [1.165, 1.54) is 11.1 Å². The number of fused-ring (bicyclic) bond motifs is 1. The zero-order valence-corrected chi connectivity index (χ0v) is 14.1. The second-order valence-electron chi connectivity index (χ2n) is 5.56. The fourth-order valence-electron chi connectivity index (χ4n) is 2.69. The average Bonchev–Trinajstić information content (AvgIpc) is 3.02. The van der Waals surface area contributed by atoms with E-state index in [1.54, 1.807) is 7.11 Å². The number of hydrogen-bond acceptors (Lipinski definition) is 3. The summed E-state index contributed by atoms with van der Waals surface area (Å²) < 4.78 is 5.15. The minimum atomic E-state index is -0.0511. The Hall–Kier alpha value is -2.04. The summed E-state index contributed by atoms with van der Waals surface area (Å²) in [6.45, 7) is 3.71. The Balaban J connectivity index is 0.00000192. The minimum Gasteiger partial charge on any atom is -0.497 e. The van der Waals surface area contributed by atoms with E-state index in [4.69, 9.17) is 4.74 Å². The summed E-state index contributed by atoms with van der Waals surface area (Å²) in [5.41, 5.74) is 4.25. The van der Waals surface area contributed by atoms with Crippen molar-refractivity contribution >= 4 is 18.3 Å². The molecule has 1 heterocycles. The van der Waals surface area contributed by atoms with Gasteiger partial charge in [-0.3, -0.25) is 4.79 Å². The molecule has 1 unspecified atom stereocenters. The number of halogens is 1. The van der Waals surface area contributed by atoms with E-state index in [0.29, 0.717) is 5.56 Å². The largest absolute Gasteiger partial charge is 0.497 e. The summed E-state index contributed by atoms with van der Waals surface area (Å²) in [5, 5.41) is 6.33. The lowest BCUT2D eigenvalue weighted by Crippen LogP contribution is -2.26. The smallest absolute Gasteiger partial charge is 0.251 e. The maximum absolute atomic E-state index is 12.4. The molecule has 122 valence electrons. The van der Waals surface area contributed by atoms with Crippen molar-refractivity contribution in [2.45, 2.75) is 26.1 Å². The van der Waals surface area contributed by atoms with Gasteiger partial charge in [-0.25, -0.2) is 0 Å². The second kappa shape index (κ2) is 7.49. The van der Waals surface area contributed by atoms with Crippen molar-refractivity contribution in [3.8, 4) is 5.75 Å². The molecule has 1 amide bonds. The van der Waals surface area contributed by atoms with E-state index in [2.05, 4.69) is 10.6 Å². The molecule has 0 saturated carbocycles. The van der Waals surface area contributed by atoms with Gasteiger partial charge < -0.3 is 15.4 Å². The van der Waals surface area contributed by atoms with E-state index in [9.17, 15) is 4.79 Å². The molecule has 0 aliphatic carbocycles. The maximum Gasteiger partial charge on any atom is 0.251 e. The molecule has 2 aromatic rings. The molecule has 0 bridgehead atoms. The van der Waals surface area contributed by atoms with Crippen LogP contribution >= 0.6 is 12.4 Å². The number of nitrogens with one attached hydrogen (secondary N) is 2. The molecule has 4 nitrogen and oxygen atoms in total. The van der Waals surface area contributed by atoms with Crippen molar-refractivity contribution in [2.75, 3.05) is 7.11 Å². The van der Waals surface area contributed by atoms with Gasteiger partial charge in [-0.2, -0.15) is 0 Å². The summed E-state index contributed by atoms with van der Waals surface area (Å²) in [6, 6.07) is 13.6. The molecule has 0 aromatic heterocycles. The molecule has 2 N–H and O–H groups in total. The highest BCUT2D eigenvalue weighted by molar-refractivity contribution is 5.94. The first kappa shape index (κ1) is 17.3. The van der Waals surface area contributed by atoms with E-state index in [1.807, 2.05) is 49.4 Å². The Labute approximate surface area is 142 Å². The van der Waals surface area contributed by atoms with Crippen LogP contribution in [-0.4, -0.2) is 13.0 Å². The van der Waals surface area contributed by atoms with Crippen molar-refractivity contribution in [3.63, 3.8) is 0 Å². The van der Waals surface area contributed by atoms with Crippen molar-refractivity contribution in [1.29, 1.82) is 0 Å². The Morgan fingerprint density at radius 1 is 1.13 bits per heavy atom. The fourth-order valence-corrected chi connectivity index (χ4v) is 2.69. The van der Waals surface area contributed by atoms with Crippen LogP contribution in [0.1, 0.15) is 40.0 Å². The average molecular weight is 333 g/mol. The quantitative estimate of drug-likeness (QED) is 0.904. The van der Waals surface area contributed by atoms with Crippen molar-refractivity contribution in [3.05, 3.63) is 64.7 Å². The number of carbonyl (C=O) groups excluding carboxylic acids is 1. The molecule has 0 saturated heterocycles. The standard InChI is InChI=1S/C18H20N2O2.ClH/c1-12(13-5-7-17(22-2)8-6-13)20-18(21)14-3-4-15-10-19-11-16(15)9-14;/h3-9,12,19H,10-11H2,1-2H3,(H,20,21);1H. The van der Waals surface area contributed by atoms with Gasteiger partial charge in [0.25, 0.3) is 5.91 Å². The highest BCUT2D eigenvalue weighted by Crippen LogP contribution is 2.20. The van der Waals surface area contributed by atoms with Gasteiger partial charge in [0.1, 0.15) is 5.75 Å². The molecular formula is C18H21ClN2O2. The van der Waals surface area contributed by atoms with Gasteiger partial charge in [0, 0.05) is 18.7 Å². The zero-order valence-electron chi connectivity index (χ0n) is 13.3. The van der Waals surface area contributed by atoms with E-state index in [-0.39, 0.29) is 24.4 Å². The number of benzene rings is 2. The molecule has 0 radical (unpaired) electrons. The number of ether oxygens (including phenoxy) is 1. The Kier molecular flexibility index (Phi) is 5.64. The van der Waals surface area contributed by atoms with Gasteiger partial charge in [-0.05, 0) is 47.9 Å². The zero-order chi connectivity index (χ0) is 15.5. The molecule has 1 aliphatic heterocycles. The number of methoxy groups -OCH3 is 1. The second-order valence-corrected chi connectivity index (χ2v) is 5.56. The normalized spacial score (nSPS) is 13.7. The Morgan fingerprint density at radius 3 is 2.52 bits per heavy atom. The summed E-state index contributed by atoms with van der Waals surface area (Å²) >= 11 is 0. The molecule has 5 heteroatoms. The van der Waals surface area contributed by atoms with Crippen molar-refractivity contribution < 1.29 is 9.53 Å². The maximum atomic E-state index is 12.4. The summed E-state index contributed by atoms with van der Waals surface area (Å²) in [6.07, 6.45) is 0. The fraction of sp³-hybridized carbons (Fsp3) is 0.278. The van der Waals surface area contributed by atoms with Gasteiger partial charge in [-0.15, -0.1) is 12.4 Å². The third-order valence-electron chi connectivity index (χ3n) is 4.06. The topological polar surface area (TPSA) is 50.4 Å². The predicted octanol–water partition coefficient (Wildman–Crippen LogP) is 3.21. The Bertz CT molecular complexity index is 686. The van der Waals surface area contributed by atoms with Crippen LogP contribution in [0.4, 0.5) is 0 Å². The first-order chi connectivity index (χ1) is 10.7. The predicted molar refractivity (Wildman–Crippen MR) is 93.1 cm³/mol. The Morgan fingerprint density at radius 2 is 1.83 bits per heavy atom. The van der Waals surface area contributed by atoms with Crippen LogP contribution in [0.5, 0.6) is 5.75 Å². The third-order valence-corrected chi connectivity index (χ3v) is 4.06. The van der Waals surface area contributed by atoms with Crippen LogP contribution in [0.15, 0.2) is 42.5 Å². The number of amides is 1. The van der Waals surface area contributed by atoms with Crippen LogP contribution in [-0.2, 0) is 13.1 Å². The third kappa shape index (κ3) is 3.84. The molecule has 0 spiro atoms. The molecule has 1 aliphatic rings. The number of rotatable bonds is 4. The number of carbonyl (C=O) groups is 1. The molecule has 23 heavy (non-hydrogen) atoms. The van der Waals surface area contributed by atoms with E-state index in [0.717, 1.165) is 24.4 Å². The van der Waals surface area contributed by atoms with Crippen LogP contribution in [0.2, 0.25) is 0 Å². The van der Waals surface area contributed by atoms with Crippen LogP contribution < -0.4 is 15.4 Å². The van der Waals surface area contributed by atoms with E-state index >= 15 is 0 Å². The molecule has 3 rings (SSSR count). The monoisotopic (exact) mass is 332 g/mol.